The Bertz CT molecular complexity index is 245. The largest absolute Gasteiger partial charge is 0.396 e. The first-order chi connectivity index (χ1) is 6.86. The van der Waals surface area contributed by atoms with Crippen molar-refractivity contribution in [3.8, 4) is 0 Å². The Labute approximate surface area is 85.7 Å². The molecule has 80 valence electrons. The minimum atomic E-state index is 0.316. The van der Waals surface area contributed by atoms with E-state index in [-0.39, 0.29) is 0 Å². The van der Waals surface area contributed by atoms with Crippen molar-refractivity contribution in [3.63, 3.8) is 0 Å². The standard InChI is InChI=1S/C11H20N2O/c1-12-9-11-5-7-13(10-11)6-3-2-4-8-14/h5,7,10,12,14H,2-4,6,8-9H2,1H3. The lowest BCUT2D eigenvalue weighted by atomic mass is 10.2. The monoisotopic (exact) mass is 196 g/mol. The Morgan fingerprint density at radius 2 is 2.21 bits per heavy atom. The molecule has 0 atom stereocenters. The maximum Gasteiger partial charge on any atom is 0.0431 e. The molecule has 14 heavy (non-hydrogen) atoms. The second kappa shape index (κ2) is 6.62. The van der Waals surface area contributed by atoms with E-state index in [0.717, 1.165) is 32.4 Å². The molecule has 0 bridgehead atoms. The first-order valence-electron chi connectivity index (χ1n) is 5.27. The summed E-state index contributed by atoms with van der Waals surface area (Å²) in [6, 6.07) is 2.14. The lowest BCUT2D eigenvalue weighted by Gasteiger charge is -2.01. The Kier molecular flexibility index (Phi) is 5.33. The third-order valence-electron chi connectivity index (χ3n) is 2.27. The van der Waals surface area contributed by atoms with Crippen molar-refractivity contribution in [2.45, 2.75) is 32.4 Å². The SMILES string of the molecule is CNCc1ccn(CCCCCO)c1. The summed E-state index contributed by atoms with van der Waals surface area (Å²) in [5.74, 6) is 0. The van der Waals surface area contributed by atoms with Gasteiger partial charge in [0.05, 0.1) is 0 Å². The maximum absolute atomic E-state index is 8.62. The summed E-state index contributed by atoms with van der Waals surface area (Å²) < 4.78 is 2.21. The summed E-state index contributed by atoms with van der Waals surface area (Å²) >= 11 is 0. The fraction of sp³-hybridized carbons (Fsp3) is 0.636. The Hall–Kier alpha value is -0.800. The van der Waals surface area contributed by atoms with E-state index in [1.807, 2.05) is 7.05 Å². The fourth-order valence-corrected chi connectivity index (χ4v) is 1.52. The van der Waals surface area contributed by atoms with Gasteiger partial charge < -0.3 is 15.0 Å². The molecule has 0 aliphatic carbocycles. The summed E-state index contributed by atoms with van der Waals surface area (Å²) in [6.07, 6.45) is 7.47. The van der Waals surface area contributed by atoms with Crippen LogP contribution < -0.4 is 5.32 Å². The lowest BCUT2D eigenvalue weighted by Crippen LogP contribution is -2.04. The van der Waals surface area contributed by atoms with E-state index in [9.17, 15) is 0 Å². The molecule has 1 aromatic rings. The number of hydrogen-bond acceptors (Lipinski definition) is 2. The van der Waals surface area contributed by atoms with Gasteiger partial charge in [-0.2, -0.15) is 0 Å². The Morgan fingerprint density at radius 3 is 2.93 bits per heavy atom. The average Bonchev–Trinajstić information content (AvgIpc) is 2.61. The van der Waals surface area contributed by atoms with Crippen LogP contribution in [0.4, 0.5) is 0 Å². The van der Waals surface area contributed by atoms with Gasteiger partial charge in [-0.1, -0.05) is 0 Å². The number of aliphatic hydroxyl groups is 1. The summed E-state index contributed by atoms with van der Waals surface area (Å²) in [5, 5.41) is 11.7. The van der Waals surface area contributed by atoms with E-state index in [1.54, 1.807) is 0 Å². The van der Waals surface area contributed by atoms with Gasteiger partial charge in [-0.05, 0) is 37.9 Å². The van der Waals surface area contributed by atoms with Crippen molar-refractivity contribution >= 4 is 0 Å². The highest BCUT2D eigenvalue weighted by molar-refractivity contribution is 5.09. The maximum atomic E-state index is 8.62. The number of rotatable bonds is 7. The number of hydrogen-bond donors (Lipinski definition) is 2. The molecule has 3 nitrogen and oxygen atoms in total. The van der Waals surface area contributed by atoms with Gasteiger partial charge in [0.2, 0.25) is 0 Å². The predicted octanol–water partition coefficient (Wildman–Crippen LogP) is 1.37. The van der Waals surface area contributed by atoms with Gasteiger partial charge in [-0.25, -0.2) is 0 Å². The third-order valence-corrected chi connectivity index (χ3v) is 2.27. The highest BCUT2D eigenvalue weighted by atomic mass is 16.2. The molecule has 2 N–H and O–H groups in total. The van der Waals surface area contributed by atoms with Crippen molar-refractivity contribution in [2.75, 3.05) is 13.7 Å². The molecule has 0 aromatic carbocycles. The smallest absolute Gasteiger partial charge is 0.0431 e. The molecule has 0 spiro atoms. The quantitative estimate of drug-likeness (QED) is 0.646. The molecular formula is C11H20N2O. The molecular weight excluding hydrogens is 176 g/mol. The van der Waals surface area contributed by atoms with Crippen LogP contribution in [0.3, 0.4) is 0 Å². The number of nitrogens with one attached hydrogen (secondary N) is 1. The number of aliphatic hydroxyl groups excluding tert-OH is 1. The van der Waals surface area contributed by atoms with Gasteiger partial charge in [0.25, 0.3) is 0 Å². The first-order valence-corrected chi connectivity index (χ1v) is 5.27. The number of nitrogens with zero attached hydrogens (tertiary/aromatic N) is 1. The summed E-state index contributed by atoms with van der Waals surface area (Å²) in [7, 11) is 1.96. The van der Waals surface area contributed by atoms with Crippen LogP contribution in [0.2, 0.25) is 0 Å². The Morgan fingerprint density at radius 1 is 1.36 bits per heavy atom. The molecule has 0 saturated carbocycles. The lowest BCUT2D eigenvalue weighted by molar-refractivity contribution is 0.282. The topological polar surface area (TPSA) is 37.2 Å². The molecule has 0 fully saturated rings. The first kappa shape index (κ1) is 11.3. The van der Waals surface area contributed by atoms with E-state index < -0.39 is 0 Å². The van der Waals surface area contributed by atoms with E-state index in [0.29, 0.717) is 6.61 Å². The second-order valence-electron chi connectivity index (χ2n) is 3.57. The highest BCUT2D eigenvalue weighted by Crippen LogP contribution is 2.04. The van der Waals surface area contributed by atoms with E-state index in [4.69, 9.17) is 5.11 Å². The van der Waals surface area contributed by atoms with Crippen LogP contribution in [0.5, 0.6) is 0 Å². The zero-order valence-corrected chi connectivity index (χ0v) is 8.87. The van der Waals surface area contributed by atoms with Crippen LogP contribution in [0.15, 0.2) is 18.5 Å². The van der Waals surface area contributed by atoms with Crippen molar-refractivity contribution in [3.05, 3.63) is 24.0 Å². The zero-order chi connectivity index (χ0) is 10.2. The molecule has 0 radical (unpaired) electrons. The van der Waals surface area contributed by atoms with Gasteiger partial charge in [0.15, 0.2) is 0 Å². The third kappa shape index (κ3) is 3.94. The minimum Gasteiger partial charge on any atom is -0.396 e. The number of aromatic nitrogens is 1. The van der Waals surface area contributed by atoms with E-state index >= 15 is 0 Å². The van der Waals surface area contributed by atoms with E-state index in [2.05, 4.69) is 28.3 Å². The molecule has 0 saturated heterocycles. The fourth-order valence-electron chi connectivity index (χ4n) is 1.52. The van der Waals surface area contributed by atoms with Crippen LogP contribution >= 0.6 is 0 Å². The van der Waals surface area contributed by atoms with Crippen molar-refractivity contribution in [2.24, 2.45) is 0 Å². The molecule has 0 amide bonds. The summed E-state index contributed by atoms with van der Waals surface area (Å²) in [5.41, 5.74) is 1.33. The van der Waals surface area contributed by atoms with Crippen molar-refractivity contribution in [1.29, 1.82) is 0 Å². The average molecular weight is 196 g/mol. The van der Waals surface area contributed by atoms with Crippen LogP contribution in [-0.4, -0.2) is 23.3 Å². The molecule has 0 aliphatic heterocycles. The summed E-state index contributed by atoms with van der Waals surface area (Å²) in [6.45, 7) is 2.31. The van der Waals surface area contributed by atoms with E-state index in [1.165, 1.54) is 5.56 Å². The molecule has 3 heteroatoms. The Balaban J connectivity index is 2.22. The normalized spacial score (nSPS) is 10.7. The van der Waals surface area contributed by atoms with Gasteiger partial charge >= 0.3 is 0 Å². The van der Waals surface area contributed by atoms with Gasteiger partial charge in [0.1, 0.15) is 0 Å². The molecule has 1 aromatic heterocycles. The molecule has 1 rings (SSSR count). The predicted molar refractivity (Wildman–Crippen MR) is 58.1 cm³/mol. The van der Waals surface area contributed by atoms with Crippen LogP contribution in [0, 0.1) is 0 Å². The van der Waals surface area contributed by atoms with Crippen LogP contribution in [0.25, 0.3) is 0 Å². The van der Waals surface area contributed by atoms with Gasteiger partial charge in [-0.15, -0.1) is 0 Å². The summed E-state index contributed by atoms with van der Waals surface area (Å²) in [4.78, 5) is 0. The number of aryl methyl sites for hydroxylation is 1. The van der Waals surface area contributed by atoms with Crippen LogP contribution in [0.1, 0.15) is 24.8 Å². The zero-order valence-electron chi connectivity index (χ0n) is 8.87. The van der Waals surface area contributed by atoms with Gasteiger partial charge in [-0.3, -0.25) is 0 Å². The van der Waals surface area contributed by atoms with Crippen molar-refractivity contribution < 1.29 is 5.11 Å². The molecule has 0 unspecified atom stereocenters. The minimum absolute atomic E-state index is 0.316. The second-order valence-corrected chi connectivity index (χ2v) is 3.57. The highest BCUT2D eigenvalue weighted by Gasteiger charge is 1.95. The number of unbranched alkanes of at least 4 members (excludes halogenated alkanes) is 2. The van der Waals surface area contributed by atoms with Crippen LogP contribution in [-0.2, 0) is 13.1 Å². The van der Waals surface area contributed by atoms with Crippen molar-refractivity contribution in [1.82, 2.24) is 9.88 Å². The molecule has 0 aliphatic rings. The van der Waals surface area contributed by atoms with Gasteiger partial charge in [0, 0.05) is 32.1 Å². The molecule has 1 heterocycles.